The van der Waals surface area contributed by atoms with Gasteiger partial charge in [-0.2, -0.15) is 0 Å². The van der Waals surface area contributed by atoms with Crippen LogP contribution in [0.1, 0.15) is 11.1 Å². The first-order valence-electron chi connectivity index (χ1n) is 6.30. The predicted octanol–water partition coefficient (Wildman–Crippen LogP) is 0.364. The Morgan fingerprint density at radius 3 is 2.80 bits per heavy atom. The lowest BCUT2D eigenvalue weighted by Crippen LogP contribution is -2.27. The molecular formula is C13H18N6O. The largest absolute Gasteiger partial charge is 0.377 e. The molecule has 0 radical (unpaired) electrons. The van der Waals surface area contributed by atoms with E-state index < -0.39 is 0 Å². The van der Waals surface area contributed by atoms with Crippen molar-refractivity contribution in [3.05, 3.63) is 35.7 Å². The summed E-state index contributed by atoms with van der Waals surface area (Å²) in [6.07, 6.45) is 1.41. The van der Waals surface area contributed by atoms with Gasteiger partial charge < -0.3 is 10.2 Å². The van der Waals surface area contributed by atoms with Gasteiger partial charge >= 0.3 is 0 Å². The number of benzene rings is 1. The minimum Gasteiger partial charge on any atom is -0.377 e. The van der Waals surface area contributed by atoms with Crippen molar-refractivity contribution in [2.24, 2.45) is 0 Å². The van der Waals surface area contributed by atoms with Gasteiger partial charge in [-0.3, -0.25) is 4.79 Å². The molecule has 1 heterocycles. The van der Waals surface area contributed by atoms with Crippen molar-refractivity contribution < 1.29 is 4.79 Å². The van der Waals surface area contributed by atoms with E-state index in [0.29, 0.717) is 6.54 Å². The van der Waals surface area contributed by atoms with E-state index in [1.165, 1.54) is 22.3 Å². The van der Waals surface area contributed by atoms with E-state index in [-0.39, 0.29) is 12.5 Å². The highest BCUT2D eigenvalue weighted by Crippen LogP contribution is 2.18. The number of hydrogen-bond donors (Lipinski definition) is 1. The zero-order valence-electron chi connectivity index (χ0n) is 11.9. The topological polar surface area (TPSA) is 75.9 Å². The van der Waals surface area contributed by atoms with E-state index in [2.05, 4.69) is 44.8 Å². The van der Waals surface area contributed by atoms with Crippen molar-refractivity contribution in [2.45, 2.75) is 20.0 Å². The molecule has 106 valence electrons. The fraction of sp³-hybridized carbons (Fsp3) is 0.385. The first kappa shape index (κ1) is 14.0. The summed E-state index contributed by atoms with van der Waals surface area (Å²) in [5.74, 6) is -0.119. The Bertz CT molecular complexity index is 579. The molecule has 0 bridgehead atoms. The molecular weight excluding hydrogens is 256 g/mol. The van der Waals surface area contributed by atoms with E-state index in [1.807, 2.05) is 20.2 Å². The molecule has 0 aliphatic rings. The van der Waals surface area contributed by atoms with Gasteiger partial charge in [0.25, 0.3) is 0 Å². The third-order valence-corrected chi connectivity index (χ3v) is 2.93. The third-order valence-electron chi connectivity index (χ3n) is 2.93. The van der Waals surface area contributed by atoms with Gasteiger partial charge in [0.2, 0.25) is 5.91 Å². The smallest absolute Gasteiger partial charge is 0.242 e. The number of carbonyl (C=O) groups excluding carboxylic acids is 1. The highest BCUT2D eigenvalue weighted by atomic mass is 16.2. The molecule has 1 amide bonds. The summed E-state index contributed by atoms with van der Waals surface area (Å²) in [6.45, 7) is 2.68. The maximum atomic E-state index is 11.7. The van der Waals surface area contributed by atoms with Crippen LogP contribution in [-0.4, -0.2) is 40.2 Å². The van der Waals surface area contributed by atoms with Crippen LogP contribution in [0.2, 0.25) is 0 Å². The average Bonchev–Trinajstić information content (AvgIpc) is 2.89. The number of rotatable bonds is 5. The van der Waals surface area contributed by atoms with E-state index in [0.717, 1.165) is 5.56 Å². The number of aromatic nitrogens is 4. The number of aryl methyl sites for hydroxylation is 1. The zero-order valence-corrected chi connectivity index (χ0v) is 11.9. The maximum absolute atomic E-state index is 11.7. The lowest BCUT2D eigenvalue weighted by atomic mass is 10.1. The van der Waals surface area contributed by atoms with Gasteiger partial charge in [-0.05, 0) is 34.5 Å². The van der Waals surface area contributed by atoms with Gasteiger partial charge in [0.1, 0.15) is 12.9 Å². The summed E-state index contributed by atoms with van der Waals surface area (Å²) in [5.41, 5.74) is 3.43. The Hall–Kier alpha value is -2.44. The van der Waals surface area contributed by atoms with Crippen LogP contribution >= 0.6 is 0 Å². The normalized spacial score (nSPS) is 10.3. The van der Waals surface area contributed by atoms with Crippen molar-refractivity contribution in [2.75, 3.05) is 19.0 Å². The second-order valence-corrected chi connectivity index (χ2v) is 4.80. The van der Waals surface area contributed by atoms with Crippen molar-refractivity contribution in [1.82, 2.24) is 25.5 Å². The molecule has 0 aliphatic heterocycles. The molecule has 0 unspecified atom stereocenters. The Morgan fingerprint density at radius 2 is 2.20 bits per heavy atom. The summed E-state index contributed by atoms with van der Waals surface area (Å²) < 4.78 is 1.38. The summed E-state index contributed by atoms with van der Waals surface area (Å²) in [4.78, 5) is 13.8. The number of nitrogens with zero attached hydrogens (tertiary/aromatic N) is 5. The van der Waals surface area contributed by atoms with Gasteiger partial charge in [0, 0.05) is 26.3 Å². The molecule has 7 nitrogen and oxygen atoms in total. The summed E-state index contributed by atoms with van der Waals surface area (Å²) >= 11 is 0. The number of hydrogen-bond acceptors (Lipinski definition) is 5. The van der Waals surface area contributed by atoms with Gasteiger partial charge in [-0.15, -0.1) is 5.10 Å². The van der Waals surface area contributed by atoms with Crippen LogP contribution < -0.4 is 10.2 Å². The molecule has 20 heavy (non-hydrogen) atoms. The average molecular weight is 274 g/mol. The van der Waals surface area contributed by atoms with Gasteiger partial charge in [0.15, 0.2) is 0 Å². The molecule has 2 aromatic rings. The van der Waals surface area contributed by atoms with Crippen molar-refractivity contribution >= 4 is 11.6 Å². The Balaban J connectivity index is 1.91. The second-order valence-electron chi connectivity index (χ2n) is 4.80. The van der Waals surface area contributed by atoms with Crippen molar-refractivity contribution in [1.29, 1.82) is 0 Å². The summed E-state index contributed by atoms with van der Waals surface area (Å²) in [6, 6.07) is 6.14. The number of tetrazole rings is 1. The van der Waals surface area contributed by atoms with Crippen LogP contribution in [0.25, 0.3) is 0 Å². The van der Waals surface area contributed by atoms with Crippen LogP contribution in [-0.2, 0) is 17.9 Å². The Labute approximate surface area is 117 Å². The third kappa shape index (κ3) is 3.53. The Kier molecular flexibility index (Phi) is 4.29. The number of carbonyl (C=O) groups is 1. The summed E-state index contributed by atoms with van der Waals surface area (Å²) in [7, 11) is 4.02. The van der Waals surface area contributed by atoms with Crippen molar-refractivity contribution in [3.8, 4) is 0 Å². The molecule has 0 saturated heterocycles. The molecule has 1 aromatic carbocycles. The van der Waals surface area contributed by atoms with Crippen LogP contribution in [0.3, 0.4) is 0 Å². The SMILES string of the molecule is Cc1cc(CNC(=O)Cn2cnnn2)ccc1N(C)C. The standard InChI is InChI=1S/C13H18N6O/c1-10-6-11(4-5-12(10)18(2)3)7-14-13(20)8-19-9-15-16-17-19/h4-6,9H,7-8H2,1-3H3,(H,14,20). The molecule has 1 N–H and O–H groups in total. The fourth-order valence-corrected chi connectivity index (χ4v) is 1.99. The van der Waals surface area contributed by atoms with Crippen molar-refractivity contribution in [3.63, 3.8) is 0 Å². The van der Waals surface area contributed by atoms with E-state index in [9.17, 15) is 4.79 Å². The van der Waals surface area contributed by atoms with Crippen LogP contribution in [0.4, 0.5) is 5.69 Å². The molecule has 0 fully saturated rings. The molecule has 7 heteroatoms. The van der Waals surface area contributed by atoms with Gasteiger partial charge in [0.05, 0.1) is 0 Å². The molecule has 0 atom stereocenters. The molecule has 0 aliphatic carbocycles. The minimum absolute atomic E-state index is 0.119. The first-order chi connectivity index (χ1) is 9.56. The van der Waals surface area contributed by atoms with Gasteiger partial charge in [-0.25, -0.2) is 4.68 Å². The number of nitrogens with one attached hydrogen (secondary N) is 1. The fourth-order valence-electron chi connectivity index (χ4n) is 1.99. The zero-order chi connectivity index (χ0) is 14.5. The first-order valence-corrected chi connectivity index (χ1v) is 6.30. The molecule has 2 rings (SSSR count). The lowest BCUT2D eigenvalue weighted by Gasteiger charge is -2.16. The van der Waals surface area contributed by atoms with E-state index in [4.69, 9.17) is 0 Å². The molecule has 0 spiro atoms. The highest BCUT2D eigenvalue weighted by molar-refractivity contribution is 5.75. The quantitative estimate of drug-likeness (QED) is 0.852. The highest BCUT2D eigenvalue weighted by Gasteiger charge is 2.05. The number of anilines is 1. The van der Waals surface area contributed by atoms with E-state index in [1.54, 1.807) is 0 Å². The molecule has 1 aromatic heterocycles. The van der Waals surface area contributed by atoms with Crippen LogP contribution in [0.5, 0.6) is 0 Å². The van der Waals surface area contributed by atoms with Crippen LogP contribution in [0, 0.1) is 6.92 Å². The molecule has 0 saturated carbocycles. The second kappa shape index (κ2) is 6.14. The minimum atomic E-state index is -0.119. The lowest BCUT2D eigenvalue weighted by molar-refractivity contribution is -0.122. The van der Waals surface area contributed by atoms with E-state index >= 15 is 0 Å². The monoisotopic (exact) mass is 274 g/mol. The van der Waals surface area contributed by atoms with Crippen LogP contribution in [0.15, 0.2) is 24.5 Å². The maximum Gasteiger partial charge on any atom is 0.242 e. The number of amides is 1. The Morgan fingerprint density at radius 1 is 1.40 bits per heavy atom. The predicted molar refractivity (Wildman–Crippen MR) is 75.2 cm³/mol. The summed E-state index contributed by atoms with van der Waals surface area (Å²) in [5, 5.41) is 13.4. The van der Waals surface area contributed by atoms with Gasteiger partial charge in [-0.1, -0.05) is 12.1 Å².